The summed E-state index contributed by atoms with van der Waals surface area (Å²) >= 11 is 0. The molecule has 2 aromatic carbocycles. The maximum Gasteiger partial charge on any atom is 0.123 e. The van der Waals surface area contributed by atoms with Crippen LogP contribution in [0.25, 0.3) is 0 Å². The monoisotopic (exact) mass is 271 g/mol. The predicted octanol–water partition coefficient (Wildman–Crippen LogP) is 4.15. The van der Waals surface area contributed by atoms with Crippen molar-refractivity contribution in [2.45, 2.75) is 32.2 Å². The minimum Gasteiger partial charge on any atom is -0.314 e. The Morgan fingerprint density at radius 2 is 1.60 bits per heavy atom. The van der Waals surface area contributed by atoms with E-state index in [0.29, 0.717) is 12.0 Å². The first-order valence-electron chi connectivity index (χ1n) is 7.18. The van der Waals surface area contributed by atoms with E-state index in [9.17, 15) is 4.39 Å². The highest BCUT2D eigenvalue weighted by atomic mass is 19.1. The third-order valence-corrected chi connectivity index (χ3v) is 3.44. The van der Waals surface area contributed by atoms with Crippen LogP contribution in [0.4, 0.5) is 4.39 Å². The highest BCUT2D eigenvalue weighted by molar-refractivity contribution is 5.25. The summed E-state index contributed by atoms with van der Waals surface area (Å²) in [4.78, 5) is 0. The van der Waals surface area contributed by atoms with Gasteiger partial charge in [0.2, 0.25) is 0 Å². The van der Waals surface area contributed by atoms with Crippen LogP contribution in [-0.4, -0.2) is 12.6 Å². The lowest BCUT2D eigenvalue weighted by Gasteiger charge is -2.20. The van der Waals surface area contributed by atoms with E-state index in [1.807, 2.05) is 18.2 Å². The molecular weight excluding hydrogens is 249 g/mol. The number of benzene rings is 2. The lowest BCUT2D eigenvalue weighted by molar-refractivity contribution is 0.526. The third-order valence-electron chi connectivity index (χ3n) is 3.44. The van der Waals surface area contributed by atoms with Gasteiger partial charge in [-0.25, -0.2) is 4.39 Å². The Hall–Kier alpha value is -1.67. The molecule has 0 amide bonds. The van der Waals surface area contributed by atoms with Crippen molar-refractivity contribution < 1.29 is 4.39 Å². The second-order valence-electron chi connectivity index (χ2n) is 5.50. The standard InChI is InChI=1S/C18H22FN/c1-14(2)20-13-17(16-6-4-3-5-7-16)12-15-8-10-18(19)11-9-15/h3-11,14,17,20H,12-13H2,1-2H3. The van der Waals surface area contributed by atoms with Crippen LogP contribution >= 0.6 is 0 Å². The molecule has 0 radical (unpaired) electrons. The molecule has 2 rings (SSSR count). The maximum atomic E-state index is 13.0. The molecular formula is C18H22FN. The minimum absolute atomic E-state index is 0.176. The molecule has 0 spiro atoms. The van der Waals surface area contributed by atoms with Crippen molar-refractivity contribution in [1.29, 1.82) is 0 Å². The number of rotatable bonds is 6. The molecule has 0 aromatic heterocycles. The molecule has 1 atom stereocenters. The van der Waals surface area contributed by atoms with Crippen LogP contribution in [-0.2, 0) is 6.42 Å². The number of nitrogens with one attached hydrogen (secondary N) is 1. The zero-order chi connectivity index (χ0) is 14.4. The maximum absolute atomic E-state index is 13.0. The summed E-state index contributed by atoms with van der Waals surface area (Å²) < 4.78 is 13.0. The van der Waals surface area contributed by atoms with Crippen LogP contribution in [0.3, 0.4) is 0 Å². The van der Waals surface area contributed by atoms with Gasteiger partial charge in [0, 0.05) is 18.5 Å². The molecule has 2 aromatic rings. The van der Waals surface area contributed by atoms with Crippen molar-refractivity contribution in [3.63, 3.8) is 0 Å². The third kappa shape index (κ3) is 4.46. The first-order chi connectivity index (χ1) is 9.65. The molecule has 20 heavy (non-hydrogen) atoms. The molecule has 0 aliphatic rings. The first kappa shape index (κ1) is 14.7. The molecule has 0 bridgehead atoms. The Morgan fingerprint density at radius 1 is 0.950 bits per heavy atom. The lowest BCUT2D eigenvalue weighted by Crippen LogP contribution is -2.28. The molecule has 0 aliphatic carbocycles. The quantitative estimate of drug-likeness (QED) is 0.832. The van der Waals surface area contributed by atoms with Gasteiger partial charge in [-0.15, -0.1) is 0 Å². The largest absolute Gasteiger partial charge is 0.314 e. The second kappa shape index (κ2) is 7.20. The van der Waals surface area contributed by atoms with Gasteiger partial charge in [-0.1, -0.05) is 56.3 Å². The van der Waals surface area contributed by atoms with Crippen LogP contribution in [0.15, 0.2) is 54.6 Å². The van der Waals surface area contributed by atoms with Crippen LogP contribution in [0.1, 0.15) is 30.9 Å². The first-order valence-corrected chi connectivity index (χ1v) is 7.18. The van der Waals surface area contributed by atoms with E-state index in [4.69, 9.17) is 0 Å². The summed E-state index contributed by atoms with van der Waals surface area (Å²) in [5.41, 5.74) is 2.50. The topological polar surface area (TPSA) is 12.0 Å². The minimum atomic E-state index is -0.176. The Balaban J connectivity index is 2.12. The highest BCUT2D eigenvalue weighted by Gasteiger charge is 2.12. The summed E-state index contributed by atoms with van der Waals surface area (Å²) in [6.45, 7) is 5.24. The normalized spacial score (nSPS) is 12.6. The van der Waals surface area contributed by atoms with Gasteiger partial charge in [0.25, 0.3) is 0 Å². The number of hydrogen-bond donors (Lipinski definition) is 1. The van der Waals surface area contributed by atoms with Crippen molar-refractivity contribution in [3.8, 4) is 0 Å². The van der Waals surface area contributed by atoms with Crippen LogP contribution in [0.2, 0.25) is 0 Å². The van der Waals surface area contributed by atoms with Crippen molar-refractivity contribution in [1.82, 2.24) is 5.32 Å². The Labute approximate surface area is 120 Å². The van der Waals surface area contributed by atoms with Gasteiger partial charge in [0.05, 0.1) is 0 Å². The second-order valence-corrected chi connectivity index (χ2v) is 5.50. The van der Waals surface area contributed by atoms with Crippen molar-refractivity contribution in [2.24, 2.45) is 0 Å². The molecule has 0 saturated heterocycles. The van der Waals surface area contributed by atoms with Crippen molar-refractivity contribution in [3.05, 3.63) is 71.5 Å². The van der Waals surface area contributed by atoms with E-state index >= 15 is 0 Å². The average Bonchev–Trinajstić information content (AvgIpc) is 2.46. The van der Waals surface area contributed by atoms with Crippen molar-refractivity contribution in [2.75, 3.05) is 6.54 Å². The number of halogens is 1. The molecule has 0 aliphatic heterocycles. The summed E-state index contributed by atoms with van der Waals surface area (Å²) in [6, 6.07) is 17.8. The van der Waals surface area contributed by atoms with E-state index in [2.05, 4.69) is 43.4 Å². The van der Waals surface area contributed by atoms with Crippen molar-refractivity contribution >= 4 is 0 Å². The summed E-state index contributed by atoms with van der Waals surface area (Å²) in [6.07, 6.45) is 0.921. The summed E-state index contributed by atoms with van der Waals surface area (Å²) in [5, 5.41) is 3.50. The van der Waals surface area contributed by atoms with Crippen LogP contribution < -0.4 is 5.32 Å². The fourth-order valence-corrected chi connectivity index (χ4v) is 2.32. The fourth-order valence-electron chi connectivity index (χ4n) is 2.32. The molecule has 0 fully saturated rings. The Bertz CT molecular complexity index is 505. The van der Waals surface area contributed by atoms with Crippen LogP contribution in [0, 0.1) is 5.82 Å². The molecule has 1 N–H and O–H groups in total. The van der Waals surface area contributed by atoms with Gasteiger partial charge in [0.1, 0.15) is 5.82 Å². The molecule has 0 saturated carbocycles. The van der Waals surface area contributed by atoms with E-state index < -0.39 is 0 Å². The zero-order valence-electron chi connectivity index (χ0n) is 12.1. The smallest absolute Gasteiger partial charge is 0.123 e. The molecule has 1 unspecified atom stereocenters. The highest BCUT2D eigenvalue weighted by Crippen LogP contribution is 2.20. The van der Waals surface area contributed by atoms with E-state index in [1.165, 1.54) is 23.3 Å². The van der Waals surface area contributed by atoms with Gasteiger partial charge in [-0.3, -0.25) is 0 Å². The molecule has 0 heterocycles. The Kier molecular flexibility index (Phi) is 5.31. The average molecular weight is 271 g/mol. The van der Waals surface area contributed by atoms with E-state index in [1.54, 1.807) is 0 Å². The van der Waals surface area contributed by atoms with Gasteiger partial charge in [-0.2, -0.15) is 0 Å². The van der Waals surface area contributed by atoms with Gasteiger partial charge < -0.3 is 5.32 Å². The molecule has 1 nitrogen and oxygen atoms in total. The van der Waals surface area contributed by atoms with Gasteiger partial charge in [-0.05, 0) is 29.7 Å². The van der Waals surface area contributed by atoms with E-state index in [-0.39, 0.29) is 5.82 Å². The predicted molar refractivity (Wildman–Crippen MR) is 82.4 cm³/mol. The van der Waals surface area contributed by atoms with Crippen LogP contribution in [0.5, 0.6) is 0 Å². The SMILES string of the molecule is CC(C)NCC(Cc1ccc(F)cc1)c1ccccc1. The zero-order valence-corrected chi connectivity index (χ0v) is 12.1. The van der Waals surface area contributed by atoms with E-state index in [0.717, 1.165) is 13.0 Å². The molecule has 2 heteroatoms. The lowest BCUT2D eigenvalue weighted by atomic mass is 9.91. The fraction of sp³-hybridized carbons (Fsp3) is 0.333. The summed E-state index contributed by atoms with van der Waals surface area (Å²) in [5.74, 6) is 0.231. The molecule has 106 valence electrons. The summed E-state index contributed by atoms with van der Waals surface area (Å²) in [7, 11) is 0. The Morgan fingerprint density at radius 3 is 2.20 bits per heavy atom. The number of hydrogen-bond acceptors (Lipinski definition) is 1. The van der Waals surface area contributed by atoms with Gasteiger partial charge in [0.15, 0.2) is 0 Å². The van der Waals surface area contributed by atoms with Gasteiger partial charge >= 0.3 is 0 Å².